The van der Waals surface area contributed by atoms with Crippen molar-refractivity contribution < 1.29 is 14.3 Å². The van der Waals surface area contributed by atoms with Crippen LogP contribution in [-0.2, 0) is 13.0 Å². The van der Waals surface area contributed by atoms with Crippen LogP contribution in [0.15, 0.2) is 65.3 Å². The van der Waals surface area contributed by atoms with Gasteiger partial charge in [0.05, 0.1) is 29.6 Å². The lowest BCUT2D eigenvalue weighted by atomic mass is 10.0. The summed E-state index contributed by atoms with van der Waals surface area (Å²) >= 11 is 0. The Morgan fingerprint density at radius 1 is 1.19 bits per heavy atom. The number of benzene rings is 2. The SMILES string of the molecule is CN(Cc1ccco1)C(=O)c1cc2c(Cc3ccccc3)n[nH]c2cc1O. The highest BCUT2D eigenvalue weighted by molar-refractivity contribution is 6.01. The monoisotopic (exact) mass is 361 g/mol. The van der Waals surface area contributed by atoms with E-state index in [0.717, 1.165) is 16.6 Å². The molecule has 2 heterocycles. The molecule has 2 aromatic carbocycles. The summed E-state index contributed by atoms with van der Waals surface area (Å²) in [5.41, 5.74) is 2.90. The van der Waals surface area contributed by atoms with Crippen LogP contribution in [0.4, 0.5) is 0 Å². The number of furan rings is 1. The molecule has 4 aromatic rings. The topological polar surface area (TPSA) is 82.4 Å². The van der Waals surface area contributed by atoms with Crippen LogP contribution < -0.4 is 0 Å². The van der Waals surface area contributed by atoms with Crippen LogP contribution in [0.2, 0.25) is 0 Å². The maximum Gasteiger partial charge on any atom is 0.257 e. The molecular formula is C21H19N3O3. The van der Waals surface area contributed by atoms with Crippen molar-refractivity contribution in [3.63, 3.8) is 0 Å². The molecule has 2 N–H and O–H groups in total. The molecular weight excluding hydrogens is 342 g/mol. The van der Waals surface area contributed by atoms with Gasteiger partial charge in [-0.2, -0.15) is 5.10 Å². The maximum absolute atomic E-state index is 12.8. The lowest BCUT2D eigenvalue weighted by Crippen LogP contribution is -2.26. The Morgan fingerprint density at radius 2 is 2.00 bits per heavy atom. The molecule has 0 radical (unpaired) electrons. The minimum Gasteiger partial charge on any atom is -0.507 e. The largest absolute Gasteiger partial charge is 0.507 e. The van der Waals surface area contributed by atoms with Gasteiger partial charge in [0.15, 0.2) is 0 Å². The molecule has 1 amide bonds. The predicted octanol–water partition coefficient (Wildman–Crippen LogP) is 3.72. The van der Waals surface area contributed by atoms with Gasteiger partial charge < -0.3 is 14.4 Å². The van der Waals surface area contributed by atoms with Gasteiger partial charge >= 0.3 is 0 Å². The number of carbonyl (C=O) groups is 1. The number of phenolic OH excluding ortho intramolecular Hbond substituents is 1. The molecule has 0 saturated heterocycles. The lowest BCUT2D eigenvalue weighted by Gasteiger charge is -2.16. The van der Waals surface area contributed by atoms with Gasteiger partial charge in [-0.25, -0.2) is 0 Å². The Bertz CT molecular complexity index is 1070. The number of H-pyrrole nitrogens is 1. The first-order valence-electron chi connectivity index (χ1n) is 8.63. The van der Waals surface area contributed by atoms with Crippen LogP contribution in [0.3, 0.4) is 0 Å². The normalized spacial score (nSPS) is 11.0. The number of fused-ring (bicyclic) bond motifs is 1. The molecule has 6 heteroatoms. The van der Waals surface area contributed by atoms with Gasteiger partial charge in [0.25, 0.3) is 5.91 Å². The number of phenols is 1. The van der Waals surface area contributed by atoms with Gasteiger partial charge in [-0.15, -0.1) is 0 Å². The standard InChI is InChI=1S/C21H19N3O3/c1-24(13-15-8-5-9-27-15)21(26)17-11-16-18(10-14-6-3-2-4-7-14)22-23-19(16)12-20(17)25/h2-9,11-12,25H,10,13H2,1H3,(H,22,23). The highest BCUT2D eigenvalue weighted by Gasteiger charge is 2.19. The molecule has 0 unspecified atom stereocenters. The summed E-state index contributed by atoms with van der Waals surface area (Å²) in [7, 11) is 1.68. The summed E-state index contributed by atoms with van der Waals surface area (Å²) < 4.78 is 5.29. The van der Waals surface area contributed by atoms with Crippen LogP contribution in [0.5, 0.6) is 5.75 Å². The smallest absolute Gasteiger partial charge is 0.257 e. The molecule has 0 atom stereocenters. The summed E-state index contributed by atoms with van der Waals surface area (Å²) in [6.45, 7) is 0.325. The molecule has 0 bridgehead atoms. The van der Waals surface area contributed by atoms with E-state index in [1.165, 1.54) is 4.90 Å². The average Bonchev–Trinajstić information content (AvgIpc) is 3.31. The third-order valence-corrected chi connectivity index (χ3v) is 4.52. The Kier molecular flexibility index (Phi) is 4.38. The maximum atomic E-state index is 12.8. The van der Waals surface area contributed by atoms with Crippen LogP contribution in [0.1, 0.15) is 27.4 Å². The zero-order chi connectivity index (χ0) is 18.8. The fourth-order valence-corrected chi connectivity index (χ4v) is 3.12. The number of nitrogens with one attached hydrogen (secondary N) is 1. The second kappa shape index (κ2) is 6.99. The van der Waals surface area contributed by atoms with Crippen molar-refractivity contribution in [3.05, 3.63) is 83.4 Å². The van der Waals surface area contributed by atoms with E-state index >= 15 is 0 Å². The molecule has 0 saturated carbocycles. The summed E-state index contributed by atoms with van der Waals surface area (Å²) in [6, 6.07) is 16.8. The van der Waals surface area contributed by atoms with Crippen LogP contribution >= 0.6 is 0 Å². The molecule has 0 aliphatic heterocycles. The lowest BCUT2D eigenvalue weighted by molar-refractivity contribution is 0.0772. The first-order valence-corrected chi connectivity index (χ1v) is 8.63. The van der Waals surface area contributed by atoms with Gasteiger partial charge in [-0.1, -0.05) is 30.3 Å². The minimum atomic E-state index is -0.280. The van der Waals surface area contributed by atoms with E-state index in [1.807, 2.05) is 30.3 Å². The van der Waals surface area contributed by atoms with Crippen molar-refractivity contribution in [2.45, 2.75) is 13.0 Å². The number of rotatable bonds is 5. The quantitative estimate of drug-likeness (QED) is 0.567. The molecule has 6 nitrogen and oxygen atoms in total. The van der Waals surface area contributed by atoms with Crippen LogP contribution in [-0.4, -0.2) is 33.2 Å². The third-order valence-electron chi connectivity index (χ3n) is 4.52. The molecule has 2 aromatic heterocycles. The second-order valence-electron chi connectivity index (χ2n) is 6.49. The molecule has 136 valence electrons. The van der Waals surface area contributed by atoms with Crippen molar-refractivity contribution >= 4 is 16.8 Å². The van der Waals surface area contributed by atoms with Crippen molar-refractivity contribution in [2.75, 3.05) is 7.05 Å². The van der Waals surface area contributed by atoms with E-state index < -0.39 is 0 Å². The molecule has 4 rings (SSSR count). The fraction of sp³-hybridized carbons (Fsp3) is 0.143. The van der Waals surface area contributed by atoms with Gasteiger partial charge in [-0.3, -0.25) is 9.89 Å². The van der Waals surface area contributed by atoms with E-state index in [-0.39, 0.29) is 17.2 Å². The number of hydrogen-bond acceptors (Lipinski definition) is 4. The Labute approximate surface area is 156 Å². The molecule has 27 heavy (non-hydrogen) atoms. The number of carbonyl (C=O) groups excluding carboxylic acids is 1. The van der Waals surface area contributed by atoms with Crippen LogP contribution in [0.25, 0.3) is 10.9 Å². The number of nitrogens with zero attached hydrogens (tertiary/aromatic N) is 2. The average molecular weight is 361 g/mol. The molecule has 0 aliphatic carbocycles. The van der Waals surface area contributed by atoms with Crippen LogP contribution in [0, 0.1) is 0 Å². The van der Waals surface area contributed by atoms with E-state index in [9.17, 15) is 9.90 Å². The Morgan fingerprint density at radius 3 is 2.74 bits per heavy atom. The van der Waals surface area contributed by atoms with Gasteiger partial charge in [0, 0.05) is 24.9 Å². The number of aromatic nitrogens is 2. The summed E-state index contributed by atoms with van der Waals surface area (Å²) in [6.07, 6.45) is 2.21. The van der Waals surface area contributed by atoms with Crippen molar-refractivity contribution in [1.82, 2.24) is 15.1 Å². The van der Waals surface area contributed by atoms with Crippen molar-refractivity contribution in [2.24, 2.45) is 0 Å². The van der Waals surface area contributed by atoms with Gasteiger partial charge in [-0.05, 0) is 23.8 Å². The molecule has 0 spiro atoms. The minimum absolute atomic E-state index is 0.0753. The second-order valence-corrected chi connectivity index (χ2v) is 6.49. The van der Waals surface area contributed by atoms with E-state index in [0.29, 0.717) is 24.2 Å². The Hall–Kier alpha value is -3.54. The summed E-state index contributed by atoms with van der Waals surface area (Å²) in [5, 5.41) is 18.5. The zero-order valence-corrected chi connectivity index (χ0v) is 14.8. The number of hydrogen-bond donors (Lipinski definition) is 2. The summed E-state index contributed by atoms with van der Waals surface area (Å²) in [4.78, 5) is 14.3. The molecule has 0 fully saturated rings. The van der Waals surface area contributed by atoms with Crippen molar-refractivity contribution in [1.29, 1.82) is 0 Å². The van der Waals surface area contributed by atoms with E-state index in [1.54, 1.807) is 37.6 Å². The predicted molar refractivity (Wildman–Crippen MR) is 102 cm³/mol. The van der Waals surface area contributed by atoms with Gasteiger partial charge in [0.1, 0.15) is 11.5 Å². The van der Waals surface area contributed by atoms with E-state index in [2.05, 4.69) is 10.2 Å². The first kappa shape index (κ1) is 16.9. The highest BCUT2D eigenvalue weighted by atomic mass is 16.3. The number of aromatic amines is 1. The fourth-order valence-electron chi connectivity index (χ4n) is 3.12. The number of amides is 1. The first-order chi connectivity index (χ1) is 13.1. The van der Waals surface area contributed by atoms with E-state index in [4.69, 9.17) is 4.42 Å². The number of aromatic hydroxyl groups is 1. The highest BCUT2D eigenvalue weighted by Crippen LogP contribution is 2.28. The zero-order valence-electron chi connectivity index (χ0n) is 14.8. The summed E-state index contributed by atoms with van der Waals surface area (Å²) in [5.74, 6) is 0.325. The third kappa shape index (κ3) is 3.42. The Balaban J connectivity index is 1.65. The molecule has 0 aliphatic rings. The van der Waals surface area contributed by atoms with Gasteiger partial charge in [0.2, 0.25) is 0 Å². The van der Waals surface area contributed by atoms with Crippen molar-refractivity contribution in [3.8, 4) is 5.75 Å².